The molecule has 2 unspecified atom stereocenters. The Morgan fingerprint density at radius 2 is 1.46 bits per heavy atom. The molecule has 0 aliphatic carbocycles. The quantitative estimate of drug-likeness (QED) is 0.194. The van der Waals surface area contributed by atoms with Gasteiger partial charge in [-0.25, -0.2) is 4.79 Å². The Morgan fingerprint density at radius 3 is 2.11 bits per heavy atom. The predicted octanol–water partition coefficient (Wildman–Crippen LogP) is 6.37. The Labute approximate surface area is 214 Å². The lowest BCUT2D eigenvalue weighted by Gasteiger charge is -2.23. The maximum atomic E-state index is 11.9. The van der Waals surface area contributed by atoms with Crippen molar-refractivity contribution in [3.05, 3.63) is 71.3 Å². The molecule has 0 spiro atoms. The molecule has 0 radical (unpaired) electrons. The van der Waals surface area contributed by atoms with Crippen molar-refractivity contribution < 1.29 is 24.5 Å². The molecule has 0 aliphatic heterocycles. The Bertz CT molecular complexity index is 884. The van der Waals surface area contributed by atoms with E-state index in [1.54, 1.807) is 13.8 Å². The smallest absolute Gasteiger partial charge is 0.334 e. The molecule has 6 heteroatoms. The number of aliphatic carboxylic acids is 1. The lowest BCUT2D eigenvalue weighted by atomic mass is 9.96. The first-order chi connectivity index (χ1) is 16.9. The van der Waals surface area contributed by atoms with Crippen molar-refractivity contribution >= 4 is 23.7 Å². The van der Waals surface area contributed by atoms with E-state index in [2.05, 4.69) is 30.3 Å². The number of carboxylic acid groups (broad SMARTS) is 1. The van der Waals surface area contributed by atoms with E-state index in [4.69, 9.17) is 4.74 Å². The highest BCUT2D eigenvalue weighted by molar-refractivity contribution is 7.99. The number of aliphatic hydroxyl groups excluding tert-OH is 1. The molecule has 2 N–H and O–H groups in total. The number of hydrogen-bond acceptors (Lipinski definition) is 5. The number of hydrogen-bond donors (Lipinski definition) is 2. The number of esters is 1. The maximum Gasteiger partial charge on any atom is 0.334 e. The van der Waals surface area contributed by atoms with Gasteiger partial charge in [-0.2, -0.15) is 0 Å². The van der Waals surface area contributed by atoms with Gasteiger partial charge >= 0.3 is 11.9 Å². The lowest BCUT2D eigenvalue weighted by molar-refractivity contribution is -0.147. The summed E-state index contributed by atoms with van der Waals surface area (Å²) in [4.78, 5) is 23.5. The minimum atomic E-state index is -1.54. The lowest BCUT2D eigenvalue weighted by Crippen LogP contribution is -2.27. The predicted molar refractivity (Wildman–Crippen MR) is 143 cm³/mol. The second-order valence-corrected chi connectivity index (χ2v) is 10.4. The molecule has 0 heterocycles. The number of carboxylic acids is 1. The van der Waals surface area contributed by atoms with Crippen LogP contribution >= 0.6 is 11.8 Å². The SMILES string of the molecule is CC(C)OC(=O)CCSC(c1ccccc1CCCCCCCCc1ccccc1)C(O)C(=O)O. The van der Waals surface area contributed by atoms with Crippen molar-refractivity contribution in [3.8, 4) is 0 Å². The summed E-state index contributed by atoms with van der Waals surface area (Å²) < 4.78 is 5.16. The van der Waals surface area contributed by atoms with Crippen LogP contribution in [0.2, 0.25) is 0 Å². The summed E-state index contributed by atoms with van der Waals surface area (Å²) in [6.45, 7) is 3.59. The van der Waals surface area contributed by atoms with Crippen LogP contribution in [0.25, 0.3) is 0 Å². The summed E-state index contributed by atoms with van der Waals surface area (Å²) in [5, 5.41) is 19.2. The topological polar surface area (TPSA) is 83.8 Å². The van der Waals surface area contributed by atoms with E-state index in [1.807, 2.05) is 24.3 Å². The van der Waals surface area contributed by atoms with Gasteiger partial charge in [-0.1, -0.05) is 80.3 Å². The summed E-state index contributed by atoms with van der Waals surface area (Å²) in [6.07, 6.45) is 7.44. The summed E-state index contributed by atoms with van der Waals surface area (Å²) in [7, 11) is 0. The standard InChI is InChI=1S/C29H40O5S/c1-22(2)34-26(30)20-21-35-28(27(31)29(32)33)25-19-13-12-18-24(25)17-11-6-4-3-5-8-14-23-15-9-7-10-16-23/h7,9-10,12-13,15-16,18-19,22,27-28,31H,3-6,8,11,14,17,20-21H2,1-2H3,(H,32,33). The van der Waals surface area contributed by atoms with E-state index < -0.39 is 17.3 Å². The number of carbonyl (C=O) groups excluding carboxylic acids is 1. The second kappa shape index (κ2) is 16.4. The van der Waals surface area contributed by atoms with Gasteiger partial charge in [0.15, 0.2) is 6.10 Å². The van der Waals surface area contributed by atoms with Gasteiger partial charge in [0.25, 0.3) is 0 Å². The number of thioether (sulfide) groups is 1. The van der Waals surface area contributed by atoms with Crippen LogP contribution in [0.15, 0.2) is 54.6 Å². The molecule has 2 aromatic carbocycles. The number of benzene rings is 2. The van der Waals surface area contributed by atoms with Gasteiger partial charge in [0.1, 0.15) is 0 Å². The van der Waals surface area contributed by atoms with Gasteiger partial charge < -0.3 is 14.9 Å². The maximum absolute atomic E-state index is 11.9. The van der Waals surface area contributed by atoms with Crippen LogP contribution < -0.4 is 0 Å². The fourth-order valence-corrected chi connectivity index (χ4v) is 5.35. The molecular formula is C29H40O5S. The Hall–Kier alpha value is -2.31. The van der Waals surface area contributed by atoms with Crippen LogP contribution in [0.5, 0.6) is 0 Å². The zero-order valence-electron chi connectivity index (χ0n) is 21.0. The van der Waals surface area contributed by atoms with Gasteiger partial charge in [0.2, 0.25) is 0 Å². The van der Waals surface area contributed by atoms with Gasteiger partial charge in [0, 0.05) is 5.75 Å². The second-order valence-electron chi connectivity index (χ2n) is 9.17. The van der Waals surface area contributed by atoms with E-state index in [0.29, 0.717) is 5.75 Å². The summed E-state index contributed by atoms with van der Waals surface area (Å²) in [5.74, 6) is -1.18. The van der Waals surface area contributed by atoms with Crippen molar-refractivity contribution in [1.82, 2.24) is 0 Å². The van der Waals surface area contributed by atoms with Crippen LogP contribution in [-0.2, 0) is 27.2 Å². The molecule has 2 aromatic rings. The monoisotopic (exact) mass is 500 g/mol. The van der Waals surface area contributed by atoms with Crippen molar-refractivity contribution in [2.24, 2.45) is 0 Å². The fraction of sp³-hybridized carbons (Fsp3) is 0.517. The Kier molecular flexibility index (Phi) is 13.5. The minimum absolute atomic E-state index is 0.179. The number of aliphatic hydroxyl groups is 1. The number of carbonyl (C=O) groups is 2. The molecule has 0 aliphatic rings. The Balaban J connectivity index is 1.82. The average Bonchev–Trinajstić information content (AvgIpc) is 2.83. The first-order valence-corrected chi connectivity index (χ1v) is 13.8. The van der Waals surface area contributed by atoms with Crippen LogP contribution in [-0.4, -0.2) is 40.1 Å². The van der Waals surface area contributed by atoms with E-state index >= 15 is 0 Å². The van der Waals surface area contributed by atoms with Crippen LogP contribution in [0.3, 0.4) is 0 Å². The zero-order chi connectivity index (χ0) is 25.5. The number of aryl methyl sites for hydroxylation is 2. The van der Waals surface area contributed by atoms with Gasteiger partial charge in [-0.05, 0) is 56.2 Å². The highest BCUT2D eigenvalue weighted by atomic mass is 32.2. The highest BCUT2D eigenvalue weighted by Gasteiger charge is 2.29. The minimum Gasteiger partial charge on any atom is -0.479 e. The zero-order valence-corrected chi connectivity index (χ0v) is 21.8. The van der Waals surface area contributed by atoms with Gasteiger partial charge in [-0.15, -0.1) is 11.8 Å². The third-order valence-corrected chi connectivity index (χ3v) is 7.19. The fourth-order valence-electron chi connectivity index (χ4n) is 4.11. The number of rotatable bonds is 17. The molecule has 192 valence electrons. The van der Waals surface area contributed by atoms with Crippen LogP contribution in [0.1, 0.15) is 80.7 Å². The first-order valence-electron chi connectivity index (χ1n) is 12.7. The van der Waals surface area contributed by atoms with E-state index in [1.165, 1.54) is 43.0 Å². The summed E-state index contributed by atoms with van der Waals surface area (Å²) in [6, 6.07) is 18.3. The first kappa shape index (κ1) is 28.9. The third kappa shape index (κ3) is 11.3. The van der Waals surface area contributed by atoms with Crippen LogP contribution in [0, 0.1) is 0 Å². The summed E-state index contributed by atoms with van der Waals surface area (Å²) in [5.41, 5.74) is 3.31. The molecule has 0 saturated heterocycles. The molecule has 0 bridgehead atoms. The summed E-state index contributed by atoms with van der Waals surface area (Å²) >= 11 is 1.30. The largest absolute Gasteiger partial charge is 0.479 e. The number of ether oxygens (including phenoxy) is 1. The molecule has 0 saturated carbocycles. The van der Waals surface area contributed by atoms with Gasteiger partial charge in [-0.3, -0.25) is 4.79 Å². The molecule has 0 fully saturated rings. The van der Waals surface area contributed by atoms with Crippen molar-refractivity contribution in [3.63, 3.8) is 0 Å². The number of unbranched alkanes of at least 4 members (excludes halogenated alkanes) is 5. The Morgan fingerprint density at radius 1 is 0.857 bits per heavy atom. The average molecular weight is 501 g/mol. The molecule has 0 amide bonds. The third-order valence-electron chi connectivity index (χ3n) is 5.88. The normalized spacial score (nSPS) is 12.9. The highest BCUT2D eigenvalue weighted by Crippen LogP contribution is 2.35. The molecular weight excluding hydrogens is 460 g/mol. The van der Waals surface area contributed by atoms with Gasteiger partial charge in [0.05, 0.1) is 17.8 Å². The van der Waals surface area contributed by atoms with E-state index in [9.17, 15) is 19.8 Å². The molecule has 2 rings (SSSR count). The molecule has 2 atom stereocenters. The van der Waals surface area contributed by atoms with Crippen LogP contribution in [0.4, 0.5) is 0 Å². The van der Waals surface area contributed by atoms with Crippen molar-refractivity contribution in [2.75, 3.05) is 5.75 Å². The molecule has 0 aromatic heterocycles. The van der Waals surface area contributed by atoms with Crippen molar-refractivity contribution in [2.45, 2.75) is 89.1 Å². The molecule has 5 nitrogen and oxygen atoms in total. The molecule has 35 heavy (non-hydrogen) atoms. The van der Waals surface area contributed by atoms with E-state index in [0.717, 1.165) is 36.8 Å². The van der Waals surface area contributed by atoms with E-state index in [-0.39, 0.29) is 18.5 Å². The van der Waals surface area contributed by atoms with Crippen molar-refractivity contribution in [1.29, 1.82) is 0 Å².